The van der Waals surface area contributed by atoms with Crippen molar-refractivity contribution in [3.05, 3.63) is 33.4 Å². The standard InChI is InChI=1S/C16H16N4O2S3/c1-9(10-2-3-10)20-14(22)11-4-6-23-13(11)19-16(20)25-8-12(21)18-15-17-5-7-24-15/h4-7,9-10H,2-3,8H2,1H3,(H,17,18,21). The fraction of sp³-hybridized carbons (Fsp3) is 0.375. The van der Waals surface area contributed by atoms with Crippen LogP contribution in [0, 0.1) is 5.92 Å². The van der Waals surface area contributed by atoms with E-state index in [4.69, 9.17) is 0 Å². The van der Waals surface area contributed by atoms with Crippen LogP contribution in [0.1, 0.15) is 25.8 Å². The highest BCUT2D eigenvalue weighted by atomic mass is 32.2. The number of carbonyl (C=O) groups is 1. The predicted molar refractivity (Wildman–Crippen MR) is 103 cm³/mol. The highest BCUT2D eigenvalue weighted by molar-refractivity contribution is 7.99. The van der Waals surface area contributed by atoms with Gasteiger partial charge in [0.1, 0.15) is 4.83 Å². The lowest BCUT2D eigenvalue weighted by Crippen LogP contribution is -2.27. The van der Waals surface area contributed by atoms with Crippen molar-refractivity contribution in [3.63, 3.8) is 0 Å². The first-order chi connectivity index (χ1) is 12.1. The number of nitrogens with one attached hydrogen (secondary N) is 1. The fourth-order valence-electron chi connectivity index (χ4n) is 2.73. The maximum atomic E-state index is 12.9. The Morgan fingerprint density at radius 2 is 2.28 bits per heavy atom. The third-order valence-corrected chi connectivity index (χ3v) is 6.67. The molecule has 3 heterocycles. The second-order valence-corrected chi connectivity index (χ2v) is 8.69. The zero-order chi connectivity index (χ0) is 17.4. The van der Waals surface area contributed by atoms with Gasteiger partial charge in [-0.25, -0.2) is 9.97 Å². The number of amides is 1. The number of rotatable bonds is 6. The van der Waals surface area contributed by atoms with Crippen molar-refractivity contribution in [2.24, 2.45) is 5.92 Å². The summed E-state index contributed by atoms with van der Waals surface area (Å²) in [5.41, 5.74) is -0.00604. The Hall–Kier alpha value is -1.71. The molecule has 0 bridgehead atoms. The lowest BCUT2D eigenvalue weighted by atomic mass is 10.2. The molecule has 25 heavy (non-hydrogen) atoms. The highest BCUT2D eigenvalue weighted by Crippen LogP contribution is 2.40. The largest absolute Gasteiger partial charge is 0.301 e. The van der Waals surface area contributed by atoms with Crippen LogP contribution < -0.4 is 10.9 Å². The molecule has 1 aliphatic carbocycles. The summed E-state index contributed by atoms with van der Waals surface area (Å²) in [5, 5.41) is 8.31. The van der Waals surface area contributed by atoms with E-state index in [0.717, 1.165) is 17.7 Å². The van der Waals surface area contributed by atoms with E-state index in [1.165, 1.54) is 34.4 Å². The van der Waals surface area contributed by atoms with Crippen LogP contribution in [0.25, 0.3) is 10.2 Å². The van der Waals surface area contributed by atoms with E-state index in [-0.39, 0.29) is 23.3 Å². The lowest BCUT2D eigenvalue weighted by Gasteiger charge is -2.18. The molecule has 1 aliphatic rings. The topological polar surface area (TPSA) is 76.9 Å². The van der Waals surface area contributed by atoms with Crippen LogP contribution in [0.4, 0.5) is 5.13 Å². The number of thiophene rings is 1. The van der Waals surface area contributed by atoms with E-state index in [1.54, 1.807) is 10.8 Å². The highest BCUT2D eigenvalue weighted by Gasteiger charge is 2.32. The smallest absolute Gasteiger partial charge is 0.263 e. The Bertz CT molecular complexity index is 960. The van der Waals surface area contributed by atoms with E-state index in [9.17, 15) is 9.59 Å². The van der Waals surface area contributed by atoms with E-state index in [2.05, 4.69) is 22.2 Å². The average molecular weight is 393 g/mol. The van der Waals surface area contributed by atoms with Gasteiger partial charge in [0, 0.05) is 17.6 Å². The van der Waals surface area contributed by atoms with Crippen LogP contribution in [-0.2, 0) is 4.79 Å². The van der Waals surface area contributed by atoms with Gasteiger partial charge in [-0.1, -0.05) is 11.8 Å². The first kappa shape index (κ1) is 16.7. The Kier molecular flexibility index (Phi) is 4.61. The lowest BCUT2D eigenvalue weighted by molar-refractivity contribution is -0.113. The monoisotopic (exact) mass is 392 g/mol. The molecule has 1 atom stereocenters. The van der Waals surface area contributed by atoms with Crippen LogP contribution in [0.15, 0.2) is 33.0 Å². The number of thiazole rings is 1. The van der Waals surface area contributed by atoms with Gasteiger partial charge in [0.25, 0.3) is 5.56 Å². The van der Waals surface area contributed by atoms with Crippen LogP contribution in [0.2, 0.25) is 0 Å². The second-order valence-electron chi connectivity index (χ2n) is 5.96. The van der Waals surface area contributed by atoms with Gasteiger partial charge < -0.3 is 5.32 Å². The Balaban J connectivity index is 1.60. The molecule has 0 saturated heterocycles. The van der Waals surface area contributed by atoms with E-state index in [1.807, 2.05) is 16.8 Å². The molecule has 1 unspecified atom stereocenters. The van der Waals surface area contributed by atoms with Crippen LogP contribution >= 0.6 is 34.4 Å². The van der Waals surface area contributed by atoms with Crippen molar-refractivity contribution >= 4 is 55.7 Å². The van der Waals surface area contributed by atoms with E-state index >= 15 is 0 Å². The van der Waals surface area contributed by atoms with E-state index < -0.39 is 0 Å². The van der Waals surface area contributed by atoms with Gasteiger partial charge in [0.05, 0.1) is 11.1 Å². The van der Waals surface area contributed by atoms with Gasteiger partial charge >= 0.3 is 0 Å². The van der Waals surface area contributed by atoms with Crippen LogP contribution in [0.3, 0.4) is 0 Å². The number of anilines is 1. The first-order valence-corrected chi connectivity index (χ1v) is 10.7. The first-order valence-electron chi connectivity index (χ1n) is 7.95. The van der Waals surface area contributed by atoms with Gasteiger partial charge in [0.15, 0.2) is 10.3 Å². The molecule has 1 N–H and O–H groups in total. The summed E-state index contributed by atoms with van der Waals surface area (Å²) in [6, 6.07) is 1.93. The molecule has 4 rings (SSSR count). The molecule has 130 valence electrons. The SMILES string of the molecule is CC(C1CC1)n1c(SCC(=O)Nc2nccs2)nc2sccc2c1=O. The number of hydrogen-bond acceptors (Lipinski definition) is 7. The van der Waals surface area contributed by atoms with Gasteiger partial charge in [0.2, 0.25) is 5.91 Å². The molecule has 3 aromatic rings. The fourth-order valence-corrected chi connectivity index (χ4v) is 4.96. The number of aromatic nitrogens is 3. The number of thioether (sulfide) groups is 1. The summed E-state index contributed by atoms with van der Waals surface area (Å²) in [6.07, 6.45) is 3.93. The summed E-state index contributed by atoms with van der Waals surface area (Å²) in [5.74, 6) is 0.575. The Morgan fingerprint density at radius 1 is 1.44 bits per heavy atom. The summed E-state index contributed by atoms with van der Waals surface area (Å²) in [4.78, 5) is 34.4. The molecule has 9 heteroatoms. The zero-order valence-corrected chi connectivity index (χ0v) is 15.9. The second kappa shape index (κ2) is 6.89. The minimum Gasteiger partial charge on any atom is -0.301 e. The molecule has 0 aliphatic heterocycles. The van der Waals surface area contributed by atoms with Crippen molar-refractivity contribution in [2.75, 3.05) is 11.1 Å². The average Bonchev–Trinajstić information content (AvgIpc) is 3.11. The molecule has 0 radical (unpaired) electrons. The van der Waals surface area contributed by atoms with Gasteiger partial charge in [-0.15, -0.1) is 22.7 Å². The summed E-state index contributed by atoms with van der Waals surface area (Å²) >= 11 is 4.13. The van der Waals surface area contributed by atoms with Crippen molar-refractivity contribution < 1.29 is 4.79 Å². The normalized spacial score (nSPS) is 15.4. The molecule has 0 aromatic carbocycles. The summed E-state index contributed by atoms with van der Waals surface area (Å²) in [6.45, 7) is 2.07. The number of carbonyl (C=O) groups excluding carboxylic acids is 1. The third-order valence-electron chi connectivity index (χ3n) is 4.22. The molecular weight excluding hydrogens is 376 g/mol. The predicted octanol–water partition coefficient (Wildman–Crippen LogP) is 3.62. The third kappa shape index (κ3) is 3.49. The maximum absolute atomic E-state index is 12.9. The molecule has 0 spiro atoms. The van der Waals surface area contributed by atoms with Crippen molar-refractivity contribution in [1.29, 1.82) is 0 Å². The summed E-state index contributed by atoms with van der Waals surface area (Å²) < 4.78 is 1.77. The number of fused-ring (bicyclic) bond motifs is 1. The van der Waals surface area contributed by atoms with Crippen molar-refractivity contribution in [1.82, 2.24) is 14.5 Å². The Labute approximate surface area is 156 Å². The molecule has 6 nitrogen and oxygen atoms in total. The zero-order valence-electron chi connectivity index (χ0n) is 13.5. The van der Waals surface area contributed by atoms with Crippen LogP contribution in [0.5, 0.6) is 0 Å². The van der Waals surface area contributed by atoms with Gasteiger partial charge in [-0.05, 0) is 37.1 Å². The van der Waals surface area contributed by atoms with Gasteiger partial charge in [-0.3, -0.25) is 14.2 Å². The quantitative estimate of drug-likeness (QED) is 0.512. The van der Waals surface area contributed by atoms with E-state index in [0.29, 0.717) is 21.6 Å². The number of nitrogens with zero attached hydrogens (tertiary/aromatic N) is 3. The number of hydrogen-bond donors (Lipinski definition) is 1. The maximum Gasteiger partial charge on any atom is 0.263 e. The minimum atomic E-state index is -0.147. The molecular formula is C16H16N4O2S3. The Morgan fingerprint density at radius 3 is 3.00 bits per heavy atom. The van der Waals surface area contributed by atoms with Gasteiger partial charge in [-0.2, -0.15) is 0 Å². The minimum absolute atomic E-state index is 0.00604. The summed E-state index contributed by atoms with van der Waals surface area (Å²) in [7, 11) is 0. The molecule has 3 aromatic heterocycles. The molecule has 1 fully saturated rings. The van der Waals surface area contributed by atoms with Crippen molar-refractivity contribution in [2.45, 2.75) is 31.0 Å². The molecule has 1 amide bonds. The van der Waals surface area contributed by atoms with Crippen LogP contribution in [-0.4, -0.2) is 26.2 Å². The van der Waals surface area contributed by atoms with Crippen molar-refractivity contribution in [3.8, 4) is 0 Å². The molecule has 1 saturated carbocycles.